The number of carbonyl (C=O) groups is 1. The highest BCUT2D eigenvalue weighted by Gasteiger charge is 2.11. The Labute approximate surface area is 156 Å². The van der Waals surface area contributed by atoms with Crippen molar-refractivity contribution in [2.45, 2.75) is 20.4 Å². The number of aryl methyl sites for hydroxylation is 2. The molecule has 2 N–H and O–H groups in total. The summed E-state index contributed by atoms with van der Waals surface area (Å²) in [5, 5.41) is 6.69. The molecule has 0 radical (unpaired) electrons. The Kier molecular flexibility index (Phi) is 5.43. The molecule has 2 heterocycles. The highest BCUT2D eigenvalue weighted by Crippen LogP contribution is 2.23. The fourth-order valence-electron chi connectivity index (χ4n) is 2.42. The van der Waals surface area contributed by atoms with Crippen LogP contribution in [0.4, 0.5) is 11.5 Å². The number of hydrogen-bond donors (Lipinski definition) is 2. The van der Waals surface area contributed by atoms with Crippen LogP contribution in [0.15, 0.2) is 48.7 Å². The second kappa shape index (κ2) is 7.93. The highest BCUT2D eigenvalue weighted by atomic mass is 35.5. The number of nitrogens with zero attached hydrogens (tertiary/aromatic N) is 3. The summed E-state index contributed by atoms with van der Waals surface area (Å²) in [7, 11) is 0. The Morgan fingerprint density at radius 3 is 2.69 bits per heavy atom. The first kappa shape index (κ1) is 17.8. The molecule has 7 heteroatoms. The van der Waals surface area contributed by atoms with E-state index in [4.69, 9.17) is 11.6 Å². The molecule has 0 saturated heterocycles. The number of hydrogen-bond acceptors (Lipinski definition) is 5. The average molecular weight is 368 g/mol. The maximum Gasteiger partial charge on any atom is 0.270 e. The van der Waals surface area contributed by atoms with Gasteiger partial charge >= 0.3 is 0 Å². The molecule has 26 heavy (non-hydrogen) atoms. The van der Waals surface area contributed by atoms with Crippen molar-refractivity contribution in [2.75, 3.05) is 5.32 Å². The van der Waals surface area contributed by atoms with Crippen molar-refractivity contribution < 1.29 is 4.79 Å². The van der Waals surface area contributed by atoms with Crippen LogP contribution in [-0.4, -0.2) is 20.9 Å². The lowest BCUT2D eigenvalue weighted by molar-refractivity contribution is 0.0945. The predicted octanol–water partition coefficient (Wildman–Crippen LogP) is 3.82. The van der Waals surface area contributed by atoms with Crippen molar-refractivity contribution in [1.82, 2.24) is 20.3 Å². The molecule has 132 valence electrons. The third kappa shape index (κ3) is 4.55. The van der Waals surface area contributed by atoms with Gasteiger partial charge in [0.2, 0.25) is 0 Å². The predicted molar refractivity (Wildman–Crippen MR) is 102 cm³/mol. The first-order chi connectivity index (χ1) is 12.5. The van der Waals surface area contributed by atoms with E-state index >= 15 is 0 Å². The first-order valence-corrected chi connectivity index (χ1v) is 8.46. The number of halogens is 1. The molecule has 0 fully saturated rings. The second-order valence-electron chi connectivity index (χ2n) is 5.77. The molecule has 0 atom stereocenters. The van der Waals surface area contributed by atoms with Crippen molar-refractivity contribution in [3.8, 4) is 0 Å². The van der Waals surface area contributed by atoms with E-state index in [0.717, 1.165) is 16.9 Å². The molecule has 3 aromatic rings. The quantitative estimate of drug-likeness (QED) is 0.716. The molecule has 3 rings (SSSR count). The van der Waals surface area contributed by atoms with E-state index in [0.29, 0.717) is 28.9 Å². The lowest BCUT2D eigenvalue weighted by atomic mass is 10.2. The number of amides is 1. The van der Waals surface area contributed by atoms with Crippen molar-refractivity contribution >= 4 is 29.0 Å². The van der Waals surface area contributed by atoms with Gasteiger partial charge in [-0.3, -0.25) is 9.78 Å². The van der Waals surface area contributed by atoms with Gasteiger partial charge in [0.15, 0.2) is 0 Å². The van der Waals surface area contributed by atoms with Crippen molar-refractivity contribution in [3.63, 3.8) is 0 Å². The summed E-state index contributed by atoms with van der Waals surface area (Å²) in [5.74, 6) is 0.771. The number of pyridine rings is 1. The van der Waals surface area contributed by atoms with Crippen LogP contribution in [0.25, 0.3) is 0 Å². The molecule has 0 bridgehead atoms. The second-order valence-corrected chi connectivity index (χ2v) is 6.21. The molecule has 0 aliphatic carbocycles. The van der Waals surface area contributed by atoms with E-state index in [2.05, 4.69) is 25.6 Å². The monoisotopic (exact) mass is 367 g/mol. The zero-order chi connectivity index (χ0) is 18.5. The van der Waals surface area contributed by atoms with Gasteiger partial charge in [-0.15, -0.1) is 0 Å². The van der Waals surface area contributed by atoms with Gasteiger partial charge in [-0.25, -0.2) is 9.97 Å². The normalized spacial score (nSPS) is 10.4. The van der Waals surface area contributed by atoms with Crippen LogP contribution in [0.5, 0.6) is 0 Å². The van der Waals surface area contributed by atoms with Crippen LogP contribution in [0.3, 0.4) is 0 Å². The number of aromatic nitrogens is 3. The molecule has 0 saturated carbocycles. The molecule has 1 aromatic carbocycles. The number of nitrogens with one attached hydrogen (secondary N) is 2. The summed E-state index contributed by atoms with van der Waals surface area (Å²) >= 11 is 5.99. The Morgan fingerprint density at radius 2 is 1.96 bits per heavy atom. The van der Waals surface area contributed by atoms with E-state index in [1.54, 1.807) is 25.3 Å². The lowest BCUT2D eigenvalue weighted by Crippen LogP contribution is -2.24. The van der Waals surface area contributed by atoms with Crippen LogP contribution in [0, 0.1) is 13.8 Å². The number of rotatable bonds is 5. The molecule has 0 spiro atoms. The smallest absolute Gasteiger partial charge is 0.270 e. The lowest BCUT2D eigenvalue weighted by Gasteiger charge is -2.11. The maximum atomic E-state index is 12.4. The zero-order valence-electron chi connectivity index (χ0n) is 14.5. The SMILES string of the molecule is Cc1nc(Nc2ccc(Cl)cc2C)cc(C(=O)NCc2ccccn2)n1. The van der Waals surface area contributed by atoms with Crippen LogP contribution >= 0.6 is 11.6 Å². The molecular formula is C19H18ClN5O. The van der Waals surface area contributed by atoms with Gasteiger partial charge in [0, 0.05) is 23.0 Å². The van der Waals surface area contributed by atoms with Gasteiger partial charge in [0.05, 0.1) is 12.2 Å². The molecule has 0 unspecified atom stereocenters. The molecule has 0 aliphatic heterocycles. The summed E-state index contributed by atoms with van der Waals surface area (Å²) in [6, 6.07) is 12.7. The summed E-state index contributed by atoms with van der Waals surface area (Å²) in [4.78, 5) is 25.2. The highest BCUT2D eigenvalue weighted by molar-refractivity contribution is 6.30. The first-order valence-electron chi connectivity index (χ1n) is 8.08. The Hall–Kier alpha value is -2.99. The van der Waals surface area contributed by atoms with Crippen molar-refractivity contribution in [3.05, 3.63) is 76.5 Å². The van der Waals surface area contributed by atoms with Crippen molar-refractivity contribution in [1.29, 1.82) is 0 Å². The zero-order valence-corrected chi connectivity index (χ0v) is 15.2. The van der Waals surface area contributed by atoms with Gasteiger partial charge in [-0.05, 0) is 49.7 Å². The van der Waals surface area contributed by atoms with Gasteiger partial charge in [0.1, 0.15) is 17.3 Å². The maximum absolute atomic E-state index is 12.4. The van der Waals surface area contributed by atoms with E-state index < -0.39 is 0 Å². The third-order valence-electron chi connectivity index (χ3n) is 3.68. The summed E-state index contributed by atoms with van der Waals surface area (Å²) in [6.07, 6.45) is 1.69. The fourth-order valence-corrected chi connectivity index (χ4v) is 2.64. The Bertz CT molecular complexity index is 930. The summed E-state index contributed by atoms with van der Waals surface area (Å²) in [6.45, 7) is 4.03. The molecule has 0 aliphatic rings. The number of anilines is 2. The minimum atomic E-state index is -0.281. The number of carbonyl (C=O) groups excluding carboxylic acids is 1. The van der Waals surface area contributed by atoms with Crippen LogP contribution in [0.1, 0.15) is 27.6 Å². The minimum absolute atomic E-state index is 0.281. The summed E-state index contributed by atoms with van der Waals surface area (Å²) < 4.78 is 0. The van der Waals surface area contributed by atoms with Gasteiger partial charge < -0.3 is 10.6 Å². The van der Waals surface area contributed by atoms with Crippen molar-refractivity contribution in [2.24, 2.45) is 0 Å². The van der Waals surface area contributed by atoms with E-state index in [1.807, 2.05) is 37.3 Å². The van der Waals surface area contributed by atoms with Gasteiger partial charge in [0.25, 0.3) is 5.91 Å². The fraction of sp³-hybridized carbons (Fsp3) is 0.158. The molecule has 6 nitrogen and oxygen atoms in total. The van der Waals surface area contributed by atoms with Crippen LogP contribution < -0.4 is 10.6 Å². The van der Waals surface area contributed by atoms with E-state index in [9.17, 15) is 4.79 Å². The molecule has 2 aromatic heterocycles. The Morgan fingerprint density at radius 1 is 1.12 bits per heavy atom. The van der Waals surface area contributed by atoms with E-state index in [1.165, 1.54) is 0 Å². The molecular weight excluding hydrogens is 350 g/mol. The standard InChI is InChI=1S/C19H18ClN5O/c1-12-9-14(20)6-7-16(12)25-18-10-17(23-13(2)24-18)19(26)22-11-15-5-3-4-8-21-15/h3-10H,11H2,1-2H3,(H,22,26)(H,23,24,25). The third-order valence-corrected chi connectivity index (χ3v) is 3.91. The summed E-state index contributed by atoms with van der Waals surface area (Å²) in [5.41, 5.74) is 2.92. The van der Waals surface area contributed by atoms with Crippen LogP contribution in [0.2, 0.25) is 5.02 Å². The minimum Gasteiger partial charge on any atom is -0.345 e. The average Bonchev–Trinajstić information content (AvgIpc) is 2.62. The van der Waals surface area contributed by atoms with Gasteiger partial charge in [-0.2, -0.15) is 0 Å². The van der Waals surface area contributed by atoms with Crippen LogP contribution in [-0.2, 0) is 6.54 Å². The van der Waals surface area contributed by atoms with Gasteiger partial charge in [-0.1, -0.05) is 17.7 Å². The molecule has 1 amide bonds. The number of benzene rings is 1. The largest absolute Gasteiger partial charge is 0.345 e. The topological polar surface area (TPSA) is 79.8 Å². The van der Waals surface area contributed by atoms with E-state index in [-0.39, 0.29) is 5.91 Å². The Balaban J connectivity index is 1.75.